The van der Waals surface area contributed by atoms with Gasteiger partial charge in [0.25, 0.3) is 0 Å². The molecule has 0 aliphatic carbocycles. The van der Waals surface area contributed by atoms with Crippen LogP contribution >= 0.6 is 0 Å². The molecular weight excluding hydrogens is 353 g/mol. The average Bonchev–Trinajstić information content (AvgIpc) is 2.67. The van der Waals surface area contributed by atoms with Crippen LogP contribution in [0.3, 0.4) is 0 Å². The summed E-state index contributed by atoms with van der Waals surface area (Å²) in [5.41, 5.74) is 1.98. The first-order valence-corrected chi connectivity index (χ1v) is 8.47. The van der Waals surface area contributed by atoms with Crippen LogP contribution in [-0.4, -0.2) is 30.4 Å². The summed E-state index contributed by atoms with van der Waals surface area (Å²) in [6, 6.07) is 10.2. The monoisotopic (exact) mass is 371 g/mol. The third kappa shape index (κ3) is 4.69. The number of aryl methyl sites for hydroxylation is 1. The molecule has 1 atom stereocenters. The number of fused-ring (bicyclic) bond motifs is 1. The number of anilines is 1. The maximum atomic E-state index is 12.9. The maximum Gasteiger partial charge on any atom is 0.347 e. The minimum atomic E-state index is -0.943. The quantitative estimate of drug-likeness (QED) is 0.624. The van der Waals surface area contributed by atoms with Gasteiger partial charge in [-0.2, -0.15) is 0 Å². The van der Waals surface area contributed by atoms with Crippen molar-refractivity contribution in [1.29, 1.82) is 0 Å². The Balaban J connectivity index is 1.54. The van der Waals surface area contributed by atoms with E-state index >= 15 is 0 Å². The van der Waals surface area contributed by atoms with E-state index < -0.39 is 24.5 Å². The Morgan fingerprint density at radius 1 is 1.15 bits per heavy atom. The fourth-order valence-electron chi connectivity index (χ4n) is 2.66. The number of hydrogen-bond acceptors (Lipinski definition) is 5. The number of amides is 1. The predicted molar refractivity (Wildman–Crippen MR) is 95.2 cm³/mol. The Labute approximate surface area is 155 Å². The lowest BCUT2D eigenvalue weighted by Gasteiger charge is -2.17. The van der Waals surface area contributed by atoms with E-state index in [1.807, 2.05) is 0 Å². The standard InChI is InChI=1S/C20H18FNO5/c1-12(27-16-6-4-15(21)5-7-16)20(25)26-11-18(23)14-2-8-17-13(10-14)3-9-19(24)22-17/h2,4-8,10,12H,3,9,11H2,1H3,(H,22,24)/t12-/m1/s1. The number of benzene rings is 2. The summed E-state index contributed by atoms with van der Waals surface area (Å²) in [4.78, 5) is 35.6. The largest absolute Gasteiger partial charge is 0.479 e. The van der Waals surface area contributed by atoms with Crippen LogP contribution in [0.15, 0.2) is 42.5 Å². The second-order valence-electron chi connectivity index (χ2n) is 6.16. The number of halogens is 1. The van der Waals surface area contributed by atoms with E-state index in [2.05, 4.69) is 5.32 Å². The van der Waals surface area contributed by atoms with Gasteiger partial charge in [-0.3, -0.25) is 9.59 Å². The van der Waals surface area contributed by atoms with E-state index in [9.17, 15) is 18.8 Å². The number of carbonyl (C=O) groups excluding carboxylic acids is 3. The van der Waals surface area contributed by atoms with E-state index in [-0.39, 0.29) is 11.7 Å². The summed E-state index contributed by atoms with van der Waals surface area (Å²) in [6.45, 7) is 1.07. The van der Waals surface area contributed by atoms with Crippen LogP contribution in [0.1, 0.15) is 29.3 Å². The molecule has 6 nitrogen and oxygen atoms in total. The van der Waals surface area contributed by atoms with Crippen molar-refractivity contribution in [3.63, 3.8) is 0 Å². The van der Waals surface area contributed by atoms with Crippen LogP contribution in [0, 0.1) is 5.82 Å². The van der Waals surface area contributed by atoms with Gasteiger partial charge in [0.05, 0.1) is 0 Å². The molecule has 7 heteroatoms. The lowest BCUT2D eigenvalue weighted by Crippen LogP contribution is -2.28. The number of carbonyl (C=O) groups is 3. The lowest BCUT2D eigenvalue weighted by molar-refractivity contribution is -0.149. The molecule has 140 valence electrons. The molecule has 0 unspecified atom stereocenters. The highest BCUT2D eigenvalue weighted by Crippen LogP contribution is 2.23. The van der Waals surface area contributed by atoms with E-state index in [4.69, 9.17) is 9.47 Å². The van der Waals surface area contributed by atoms with Crippen molar-refractivity contribution >= 4 is 23.3 Å². The van der Waals surface area contributed by atoms with Crippen molar-refractivity contribution in [2.45, 2.75) is 25.9 Å². The van der Waals surface area contributed by atoms with E-state index in [0.717, 1.165) is 5.56 Å². The molecule has 0 saturated carbocycles. The van der Waals surface area contributed by atoms with Crippen LogP contribution in [0.25, 0.3) is 0 Å². The van der Waals surface area contributed by atoms with Gasteiger partial charge < -0.3 is 14.8 Å². The number of ether oxygens (including phenoxy) is 2. The van der Waals surface area contributed by atoms with Crippen molar-refractivity contribution in [3.05, 3.63) is 59.4 Å². The third-order valence-electron chi connectivity index (χ3n) is 4.13. The Kier molecular flexibility index (Phi) is 5.49. The van der Waals surface area contributed by atoms with Gasteiger partial charge in [0, 0.05) is 17.7 Å². The van der Waals surface area contributed by atoms with Crippen LogP contribution < -0.4 is 10.1 Å². The molecule has 1 aliphatic rings. The van der Waals surface area contributed by atoms with Gasteiger partial charge in [-0.15, -0.1) is 0 Å². The maximum absolute atomic E-state index is 12.9. The molecule has 0 saturated heterocycles. The van der Waals surface area contributed by atoms with Crippen molar-refractivity contribution in [2.24, 2.45) is 0 Å². The minimum absolute atomic E-state index is 0.0503. The van der Waals surface area contributed by atoms with Crippen molar-refractivity contribution in [3.8, 4) is 5.75 Å². The van der Waals surface area contributed by atoms with E-state index in [1.165, 1.54) is 31.2 Å². The molecular formula is C20H18FNO5. The highest BCUT2D eigenvalue weighted by Gasteiger charge is 2.20. The zero-order valence-corrected chi connectivity index (χ0v) is 14.7. The van der Waals surface area contributed by atoms with Crippen LogP contribution in [0.4, 0.5) is 10.1 Å². The molecule has 1 amide bonds. The van der Waals surface area contributed by atoms with Crippen LogP contribution in [0.5, 0.6) is 5.75 Å². The topological polar surface area (TPSA) is 81.7 Å². The Hall–Kier alpha value is -3.22. The lowest BCUT2D eigenvalue weighted by atomic mass is 9.99. The molecule has 3 rings (SSSR count). The van der Waals surface area contributed by atoms with Gasteiger partial charge >= 0.3 is 5.97 Å². The molecule has 0 fully saturated rings. The summed E-state index contributed by atoms with van der Waals surface area (Å²) in [5, 5.41) is 2.74. The number of nitrogens with one attached hydrogen (secondary N) is 1. The van der Waals surface area contributed by atoms with Gasteiger partial charge in [0.15, 0.2) is 18.5 Å². The number of Topliss-reactive ketones (excluding diaryl/α,β-unsaturated/α-hetero) is 1. The first-order chi connectivity index (χ1) is 12.9. The van der Waals surface area contributed by atoms with Gasteiger partial charge in [0.1, 0.15) is 11.6 Å². The molecule has 1 N–H and O–H groups in total. The molecule has 2 aromatic rings. The molecule has 1 aliphatic heterocycles. The van der Waals surface area contributed by atoms with Crippen LogP contribution in [-0.2, 0) is 20.7 Å². The van der Waals surface area contributed by atoms with Gasteiger partial charge in [-0.05, 0) is 61.4 Å². The SMILES string of the molecule is C[C@@H](Oc1ccc(F)cc1)C(=O)OCC(=O)c1ccc2c(c1)CCC(=O)N2. The van der Waals surface area contributed by atoms with E-state index in [1.54, 1.807) is 18.2 Å². The molecule has 0 spiro atoms. The fraction of sp³-hybridized carbons (Fsp3) is 0.250. The number of rotatable bonds is 6. The summed E-state index contributed by atoms with van der Waals surface area (Å²) in [7, 11) is 0. The summed E-state index contributed by atoms with van der Waals surface area (Å²) < 4.78 is 23.3. The second-order valence-corrected chi connectivity index (χ2v) is 6.16. The van der Waals surface area contributed by atoms with Crippen molar-refractivity contribution < 1.29 is 28.2 Å². The fourth-order valence-corrected chi connectivity index (χ4v) is 2.66. The summed E-state index contributed by atoms with van der Waals surface area (Å²) >= 11 is 0. The Bertz CT molecular complexity index is 878. The minimum Gasteiger partial charge on any atom is -0.479 e. The van der Waals surface area contributed by atoms with Crippen molar-refractivity contribution in [2.75, 3.05) is 11.9 Å². The number of ketones is 1. The highest BCUT2D eigenvalue weighted by atomic mass is 19.1. The Morgan fingerprint density at radius 3 is 2.63 bits per heavy atom. The second kappa shape index (κ2) is 7.99. The molecule has 27 heavy (non-hydrogen) atoms. The molecule has 0 bridgehead atoms. The van der Waals surface area contributed by atoms with E-state index in [0.29, 0.717) is 29.8 Å². The molecule has 0 aromatic heterocycles. The number of hydrogen-bond donors (Lipinski definition) is 1. The molecule has 1 heterocycles. The summed E-state index contributed by atoms with van der Waals surface area (Å²) in [5.74, 6) is -1.18. The predicted octanol–water partition coefficient (Wildman–Crippen LogP) is 2.90. The normalized spacial score (nSPS) is 13.9. The average molecular weight is 371 g/mol. The molecule has 0 radical (unpaired) electrons. The summed E-state index contributed by atoms with van der Waals surface area (Å²) in [6.07, 6.45) is -0.00956. The van der Waals surface area contributed by atoms with Gasteiger partial charge in [-0.25, -0.2) is 9.18 Å². The first kappa shape index (κ1) is 18.6. The zero-order valence-electron chi connectivity index (χ0n) is 14.7. The third-order valence-corrected chi connectivity index (χ3v) is 4.13. The van der Waals surface area contributed by atoms with Crippen LogP contribution in [0.2, 0.25) is 0 Å². The van der Waals surface area contributed by atoms with Gasteiger partial charge in [-0.1, -0.05) is 0 Å². The molecule has 2 aromatic carbocycles. The number of esters is 1. The van der Waals surface area contributed by atoms with Crippen molar-refractivity contribution in [1.82, 2.24) is 0 Å². The zero-order chi connectivity index (χ0) is 19.4. The van der Waals surface area contributed by atoms with Gasteiger partial charge in [0.2, 0.25) is 5.91 Å². The smallest absolute Gasteiger partial charge is 0.347 e. The highest BCUT2D eigenvalue weighted by molar-refractivity contribution is 6.00. The Morgan fingerprint density at radius 2 is 1.89 bits per heavy atom. The first-order valence-electron chi connectivity index (χ1n) is 8.47.